The highest BCUT2D eigenvalue weighted by Crippen LogP contribution is 2.17. The normalized spacial score (nSPS) is 20.7. The summed E-state index contributed by atoms with van der Waals surface area (Å²) in [5, 5.41) is 2.85. The molecule has 1 atom stereocenters. The van der Waals surface area contributed by atoms with Crippen LogP contribution in [0.1, 0.15) is 24.8 Å². The van der Waals surface area contributed by atoms with E-state index in [2.05, 4.69) is 17.4 Å². The number of nitrogens with one attached hydrogen (secondary N) is 1. The van der Waals surface area contributed by atoms with Crippen molar-refractivity contribution in [2.24, 2.45) is 5.92 Å². The Hall–Kier alpha value is -1.36. The number of benzene rings is 1. The second-order valence-electron chi connectivity index (χ2n) is 5.41. The second kappa shape index (κ2) is 6.88. The van der Waals surface area contributed by atoms with Crippen LogP contribution in [-0.4, -0.2) is 32.4 Å². The summed E-state index contributed by atoms with van der Waals surface area (Å²) in [5.74, 6) is 0.599. The second-order valence-corrected chi connectivity index (χ2v) is 7.64. The third kappa shape index (κ3) is 4.96. The third-order valence-corrected chi connectivity index (χ3v) is 5.46. The molecular formula is C15H21NO3S. The lowest BCUT2D eigenvalue weighted by Crippen LogP contribution is -2.29. The Morgan fingerprint density at radius 3 is 2.65 bits per heavy atom. The molecule has 0 aromatic heterocycles. The van der Waals surface area contributed by atoms with E-state index in [9.17, 15) is 13.2 Å². The average Bonchev–Trinajstić information content (AvgIpc) is 2.77. The van der Waals surface area contributed by atoms with E-state index >= 15 is 0 Å². The van der Waals surface area contributed by atoms with Crippen molar-refractivity contribution in [1.29, 1.82) is 0 Å². The molecule has 1 aliphatic heterocycles. The van der Waals surface area contributed by atoms with E-state index in [0.29, 0.717) is 19.4 Å². The quantitative estimate of drug-likeness (QED) is 0.866. The van der Waals surface area contributed by atoms with Crippen molar-refractivity contribution < 1.29 is 13.2 Å². The fraction of sp³-hybridized carbons (Fsp3) is 0.533. The first-order valence-corrected chi connectivity index (χ1v) is 8.88. The van der Waals surface area contributed by atoms with Gasteiger partial charge in [-0.3, -0.25) is 4.79 Å². The molecule has 0 spiro atoms. The van der Waals surface area contributed by atoms with Crippen molar-refractivity contribution in [3.63, 3.8) is 0 Å². The Balaban J connectivity index is 1.61. The number of carbonyl (C=O) groups excluding carboxylic acids is 1. The maximum absolute atomic E-state index is 11.7. The van der Waals surface area contributed by atoms with Crippen LogP contribution >= 0.6 is 0 Å². The Morgan fingerprint density at radius 2 is 2.00 bits per heavy atom. The van der Waals surface area contributed by atoms with Gasteiger partial charge < -0.3 is 5.32 Å². The van der Waals surface area contributed by atoms with Gasteiger partial charge in [-0.1, -0.05) is 30.3 Å². The molecule has 1 aromatic rings. The Labute approximate surface area is 120 Å². The van der Waals surface area contributed by atoms with Crippen molar-refractivity contribution in [3.05, 3.63) is 35.9 Å². The number of carbonyl (C=O) groups is 1. The van der Waals surface area contributed by atoms with Gasteiger partial charge in [0.2, 0.25) is 5.91 Å². The summed E-state index contributed by atoms with van der Waals surface area (Å²) in [7, 11) is -2.85. The molecule has 110 valence electrons. The Morgan fingerprint density at radius 1 is 1.25 bits per heavy atom. The summed E-state index contributed by atoms with van der Waals surface area (Å²) < 4.78 is 22.6. The van der Waals surface area contributed by atoms with Gasteiger partial charge in [-0.2, -0.15) is 0 Å². The Kier molecular flexibility index (Phi) is 5.17. The van der Waals surface area contributed by atoms with E-state index < -0.39 is 9.84 Å². The lowest BCUT2D eigenvalue weighted by atomic mass is 10.1. The van der Waals surface area contributed by atoms with Gasteiger partial charge in [0.25, 0.3) is 0 Å². The first-order chi connectivity index (χ1) is 9.55. The van der Waals surface area contributed by atoms with Gasteiger partial charge in [-0.15, -0.1) is 0 Å². The number of sulfone groups is 1. The summed E-state index contributed by atoms with van der Waals surface area (Å²) in [6.45, 7) is 0.489. The molecule has 0 aliphatic carbocycles. The molecule has 1 heterocycles. The number of amides is 1. The number of hydrogen-bond donors (Lipinski definition) is 1. The Bertz CT molecular complexity index is 539. The summed E-state index contributed by atoms with van der Waals surface area (Å²) in [6, 6.07) is 10.1. The predicted molar refractivity (Wildman–Crippen MR) is 79.2 cm³/mol. The minimum atomic E-state index is -2.85. The van der Waals surface area contributed by atoms with Crippen LogP contribution in [0.2, 0.25) is 0 Å². The molecule has 20 heavy (non-hydrogen) atoms. The van der Waals surface area contributed by atoms with Crippen molar-refractivity contribution in [2.45, 2.75) is 25.7 Å². The van der Waals surface area contributed by atoms with Gasteiger partial charge in [0.1, 0.15) is 0 Å². The SMILES string of the molecule is O=C(CCCc1ccccc1)NC[C@H]1CCS(=O)(=O)C1. The van der Waals surface area contributed by atoms with Gasteiger partial charge in [0, 0.05) is 13.0 Å². The van der Waals surface area contributed by atoms with E-state index in [0.717, 1.165) is 12.8 Å². The molecule has 5 heteroatoms. The highest BCUT2D eigenvalue weighted by atomic mass is 32.2. The summed E-state index contributed by atoms with van der Waals surface area (Å²) in [4.78, 5) is 11.7. The van der Waals surface area contributed by atoms with Crippen LogP contribution in [-0.2, 0) is 21.1 Å². The lowest BCUT2D eigenvalue weighted by molar-refractivity contribution is -0.121. The summed E-state index contributed by atoms with van der Waals surface area (Å²) in [6.07, 6.45) is 2.88. The van der Waals surface area contributed by atoms with Crippen LogP contribution in [0.4, 0.5) is 0 Å². The molecule has 1 aromatic carbocycles. The monoisotopic (exact) mass is 295 g/mol. The zero-order valence-corrected chi connectivity index (χ0v) is 12.4. The smallest absolute Gasteiger partial charge is 0.220 e. The zero-order chi connectivity index (χ0) is 14.4. The van der Waals surface area contributed by atoms with Crippen LogP contribution in [0.15, 0.2) is 30.3 Å². The maximum atomic E-state index is 11.7. The van der Waals surface area contributed by atoms with E-state index in [-0.39, 0.29) is 23.3 Å². The van der Waals surface area contributed by atoms with Gasteiger partial charge in [-0.05, 0) is 30.7 Å². The van der Waals surface area contributed by atoms with Crippen molar-refractivity contribution in [1.82, 2.24) is 5.32 Å². The van der Waals surface area contributed by atoms with Gasteiger partial charge in [0.05, 0.1) is 11.5 Å². The molecule has 0 unspecified atom stereocenters. The minimum Gasteiger partial charge on any atom is -0.356 e. The summed E-state index contributed by atoms with van der Waals surface area (Å²) in [5.41, 5.74) is 1.24. The molecule has 1 fully saturated rings. The number of aryl methyl sites for hydroxylation is 1. The topological polar surface area (TPSA) is 63.2 Å². The van der Waals surface area contributed by atoms with E-state index in [1.807, 2.05) is 18.2 Å². The van der Waals surface area contributed by atoms with Crippen LogP contribution in [0, 0.1) is 5.92 Å². The highest BCUT2D eigenvalue weighted by Gasteiger charge is 2.27. The van der Waals surface area contributed by atoms with Crippen LogP contribution < -0.4 is 5.32 Å². The molecule has 1 aliphatic rings. The molecule has 0 saturated carbocycles. The number of rotatable bonds is 6. The first-order valence-electron chi connectivity index (χ1n) is 7.06. The highest BCUT2D eigenvalue weighted by molar-refractivity contribution is 7.91. The van der Waals surface area contributed by atoms with E-state index in [4.69, 9.17) is 0 Å². The summed E-state index contributed by atoms with van der Waals surface area (Å²) >= 11 is 0. The molecule has 1 N–H and O–H groups in total. The molecule has 0 radical (unpaired) electrons. The number of hydrogen-bond acceptors (Lipinski definition) is 3. The van der Waals surface area contributed by atoms with Crippen molar-refractivity contribution in [3.8, 4) is 0 Å². The molecule has 0 bridgehead atoms. The van der Waals surface area contributed by atoms with Crippen molar-refractivity contribution >= 4 is 15.7 Å². The first kappa shape index (κ1) is 15.0. The largest absolute Gasteiger partial charge is 0.356 e. The molecule has 1 saturated heterocycles. The molecule has 4 nitrogen and oxygen atoms in total. The molecular weight excluding hydrogens is 274 g/mol. The fourth-order valence-corrected chi connectivity index (χ4v) is 4.34. The zero-order valence-electron chi connectivity index (χ0n) is 11.5. The van der Waals surface area contributed by atoms with Gasteiger partial charge in [0.15, 0.2) is 9.84 Å². The predicted octanol–water partition coefficient (Wildman–Crippen LogP) is 1.56. The molecule has 2 rings (SSSR count). The molecule has 1 amide bonds. The van der Waals surface area contributed by atoms with Gasteiger partial charge >= 0.3 is 0 Å². The fourth-order valence-electron chi connectivity index (χ4n) is 2.48. The van der Waals surface area contributed by atoms with E-state index in [1.54, 1.807) is 0 Å². The third-order valence-electron chi connectivity index (χ3n) is 3.63. The van der Waals surface area contributed by atoms with E-state index in [1.165, 1.54) is 5.56 Å². The standard InChI is InChI=1S/C15H21NO3S/c17-15(8-4-7-13-5-2-1-3-6-13)16-11-14-9-10-20(18,19)12-14/h1-3,5-6,14H,4,7-12H2,(H,16,17)/t14-/m1/s1. The van der Waals surface area contributed by atoms with Crippen LogP contribution in [0.5, 0.6) is 0 Å². The average molecular weight is 295 g/mol. The minimum absolute atomic E-state index is 0.0187. The lowest BCUT2D eigenvalue weighted by Gasteiger charge is -2.09. The van der Waals surface area contributed by atoms with Gasteiger partial charge in [-0.25, -0.2) is 8.42 Å². The maximum Gasteiger partial charge on any atom is 0.220 e. The van der Waals surface area contributed by atoms with Crippen LogP contribution in [0.25, 0.3) is 0 Å². The van der Waals surface area contributed by atoms with Crippen molar-refractivity contribution in [2.75, 3.05) is 18.1 Å². The van der Waals surface area contributed by atoms with Crippen LogP contribution in [0.3, 0.4) is 0 Å².